The minimum atomic E-state index is -11.1. The Morgan fingerprint density at radius 3 is 0.727 bits per heavy atom. The molecule has 0 saturated carbocycles. The molecular weight excluding hydrogens is 697 g/mol. The molecule has 0 saturated heterocycles. The van der Waals surface area contributed by atoms with Crippen LogP contribution in [0, 0.1) is 0 Å². The SMILES string of the molecule is F[As-](F)(F)(F)(F)F.I[Te+](I)I. The van der Waals surface area contributed by atoms with Gasteiger partial charge < -0.3 is 0 Å². The number of halogens is 9. The van der Waals surface area contributed by atoms with Gasteiger partial charge in [-0.05, 0) is 0 Å². The third kappa shape index (κ3) is 167. The van der Waals surface area contributed by atoms with Crippen molar-refractivity contribution >= 4 is 78.0 Å². The second-order valence-electron chi connectivity index (χ2n) is 1.13. The fraction of sp³-hybridized carbons (Fsp3) is 0. The maximum absolute atomic E-state index is 11.1. The van der Waals surface area contributed by atoms with Gasteiger partial charge in [0.25, 0.3) is 0 Å². The van der Waals surface area contributed by atoms with Crippen LogP contribution < -0.4 is 0 Å². The molecule has 0 aromatic rings. The maximum atomic E-state index is 9.91. The van der Waals surface area contributed by atoms with Crippen LogP contribution >= 0.6 is 56.1 Å². The molecule has 0 unspecified atom stereocenters. The third-order valence-corrected chi connectivity index (χ3v) is 0. The molecule has 0 aliphatic heterocycles. The Balaban J connectivity index is 0. The zero-order chi connectivity index (χ0) is 9.99. The van der Waals surface area contributed by atoms with Crippen LogP contribution in [0.3, 0.4) is 0 Å². The summed E-state index contributed by atoms with van der Waals surface area (Å²) in [6.45, 7) is 0. The van der Waals surface area contributed by atoms with Crippen molar-refractivity contribution in [1.82, 2.24) is 0 Å². The average Bonchev–Trinajstić information content (AvgIpc) is 1.11. The predicted molar refractivity (Wildman–Crippen MR) is 60.2 cm³/mol. The van der Waals surface area contributed by atoms with Crippen LogP contribution in [-0.2, 0) is 0 Å². The van der Waals surface area contributed by atoms with Crippen molar-refractivity contribution < 1.29 is 20.8 Å². The molecule has 0 aromatic heterocycles. The van der Waals surface area contributed by atoms with E-state index in [-0.39, 0.29) is 0 Å². The molecule has 0 aliphatic carbocycles. The predicted octanol–water partition coefficient (Wildman–Crippen LogP) is 4.42. The van der Waals surface area contributed by atoms with Gasteiger partial charge in [-0.1, -0.05) is 0 Å². The molecule has 0 aliphatic rings. The van der Waals surface area contributed by atoms with Crippen LogP contribution in [0.4, 0.5) is 20.8 Å². The first kappa shape index (κ1) is 16.5. The monoisotopic (exact) mass is 700 g/mol. The van der Waals surface area contributed by atoms with Gasteiger partial charge in [-0.2, -0.15) is 0 Å². The standard InChI is InChI=1S/AsF6.I3Te/c2-1(3,4,5,6)7;1-4(2)3/q-1;+1. The van der Waals surface area contributed by atoms with Crippen molar-refractivity contribution in [1.29, 1.82) is 0 Å². The molecule has 0 fully saturated rings. The Bertz CT molecular complexity index is 105. The molecule has 0 spiro atoms. The summed E-state index contributed by atoms with van der Waals surface area (Å²) in [5.41, 5.74) is 0. The van der Waals surface area contributed by atoms with Gasteiger partial charge >= 0.3 is 98.8 Å². The molecule has 0 N–H and O–H groups in total. The number of rotatable bonds is 0. The van der Waals surface area contributed by atoms with Crippen LogP contribution in [0.15, 0.2) is 0 Å². The second kappa shape index (κ2) is 4.32. The molecule has 0 radical (unpaired) electrons. The molecule has 0 bridgehead atoms. The topological polar surface area (TPSA) is 0 Å². The molecular formula is AsF6I3Te. The second-order valence-corrected chi connectivity index (χ2v) is 57.8. The Kier molecular flexibility index (Phi) is 6.50. The van der Waals surface area contributed by atoms with Gasteiger partial charge in [-0.15, -0.1) is 0 Å². The van der Waals surface area contributed by atoms with E-state index in [0.717, 1.165) is 0 Å². The van der Waals surface area contributed by atoms with Gasteiger partial charge in [0.2, 0.25) is 0 Å². The fourth-order valence-electron chi connectivity index (χ4n) is 0. The first-order chi connectivity index (χ1) is 4.18. The van der Waals surface area contributed by atoms with Crippen molar-refractivity contribution in [3.05, 3.63) is 0 Å². The van der Waals surface area contributed by atoms with Crippen molar-refractivity contribution in [2.24, 2.45) is 0 Å². The van der Waals surface area contributed by atoms with Gasteiger partial charge in [0.05, 0.1) is 0 Å². The third-order valence-electron chi connectivity index (χ3n) is 0. The van der Waals surface area contributed by atoms with E-state index in [1.165, 1.54) is 0 Å². The number of hydrogen-bond acceptors (Lipinski definition) is 0. The Labute approximate surface area is 96.5 Å². The molecule has 0 aromatic carbocycles. The van der Waals surface area contributed by atoms with Gasteiger partial charge in [0, 0.05) is 0 Å². The summed E-state index contributed by atoms with van der Waals surface area (Å²) in [5, 5.41) is 0. The molecule has 74 valence electrons. The van der Waals surface area contributed by atoms with Crippen LogP contribution in [-0.4, -0.2) is 21.9 Å². The summed E-state index contributed by atoms with van der Waals surface area (Å²) >= 11 is -3.60. The molecule has 11 heavy (non-hydrogen) atoms. The average molecular weight is 697 g/mol. The van der Waals surface area contributed by atoms with Crippen molar-refractivity contribution in [3.8, 4) is 0 Å². The van der Waals surface area contributed by atoms with E-state index >= 15 is 0 Å². The Morgan fingerprint density at radius 2 is 0.727 bits per heavy atom. The van der Waals surface area contributed by atoms with Gasteiger partial charge in [-0.3, -0.25) is 0 Å². The van der Waals surface area contributed by atoms with Gasteiger partial charge in [0.15, 0.2) is 0 Å². The Hall–Kier alpha value is 3.12. The number of hydrogen-bond donors (Lipinski definition) is 0. The van der Waals surface area contributed by atoms with Crippen molar-refractivity contribution in [2.45, 2.75) is 0 Å². The summed E-state index contributed by atoms with van der Waals surface area (Å²) in [5.74, 6) is 0. The molecule has 0 heterocycles. The first-order valence-electron chi connectivity index (χ1n) is 1.48. The molecule has 0 nitrogen and oxygen atoms in total. The zero-order valence-electron chi connectivity index (χ0n) is 4.26. The molecule has 0 rings (SSSR count). The summed E-state index contributed by atoms with van der Waals surface area (Å²) in [6, 6.07) is 0. The normalized spacial score (nSPS) is 18.0. The minimum absolute atomic E-state index is 0.447. The van der Waals surface area contributed by atoms with Crippen LogP contribution in [0.2, 0.25) is 0 Å². The van der Waals surface area contributed by atoms with E-state index in [2.05, 4.69) is 56.1 Å². The van der Waals surface area contributed by atoms with E-state index in [0.29, 0.717) is 0 Å². The summed E-state index contributed by atoms with van der Waals surface area (Å²) in [4.78, 5) is 0. The van der Waals surface area contributed by atoms with Crippen LogP contribution in [0.1, 0.15) is 0 Å². The van der Waals surface area contributed by atoms with Crippen LogP contribution in [0.5, 0.6) is 0 Å². The molecule has 0 amide bonds. The molecule has 11 heteroatoms. The quantitative estimate of drug-likeness (QED) is 0.200. The molecule has 0 atom stereocenters. The van der Waals surface area contributed by atoms with E-state index in [1.54, 1.807) is 0 Å². The van der Waals surface area contributed by atoms with E-state index in [9.17, 15) is 20.8 Å². The summed E-state index contributed by atoms with van der Waals surface area (Å²) in [7, 11) is -0.447. The van der Waals surface area contributed by atoms with Gasteiger partial charge in [-0.25, -0.2) is 0 Å². The Morgan fingerprint density at radius 1 is 0.727 bits per heavy atom. The van der Waals surface area contributed by atoms with E-state index in [1.807, 2.05) is 0 Å². The first-order valence-corrected chi connectivity index (χ1v) is 26.1. The van der Waals surface area contributed by atoms with E-state index < -0.39 is 21.9 Å². The van der Waals surface area contributed by atoms with Crippen LogP contribution in [0.25, 0.3) is 0 Å². The van der Waals surface area contributed by atoms with Crippen molar-refractivity contribution in [3.63, 3.8) is 0 Å². The van der Waals surface area contributed by atoms with E-state index in [4.69, 9.17) is 0 Å². The summed E-state index contributed by atoms with van der Waals surface area (Å²) in [6.07, 6.45) is 0. The fourth-order valence-corrected chi connectivity index (χ4v) is 0. The zero-order valence-corrected chi connectivity index (χ0v) is 14.9. The summed E-state index contributed by atoms with van der Waals surface area (Å²) < 4.78 is 59.4. The van der Waals surface area contributed by atoms with Crippen molar-refractivity contribution in [2.75, 3.05) is 0 Å². The van der Waals surface area contributed by atoms with Gasteiger partial charge in [0.1, 0.15) is 0 Å².